The van der Waals surface area contributed by atoms with Crippen LogP contribution in [-0.2, 0) is 0 Å². The van der Waals surface area contributed by atoms with Crippen LogP contribution in [0.15, 0.2) is 24.3 Å². The van der Waals surface area contributed by atoms with Gasteiger partial charge in [-0.2, -0.15) is 0 Å². The molecule has 1 aliphatic carbocycles. The SMILES string of the molecule is O=C(O)c1cccc(N2CC3(CC3)C2)c1. The van der Waals surface area contributed by atoms with Crippen molar-refractivity contribution >= 4 is 11.7 Å². The fourth-order valence-corrected chi connectivity index (χ4v) is 2.27. The van der Waals surface area contributed by atoms with Crippen molar-refractivity contribution in [1.29, 1.82) is 0 Å². The summed E-state index contributed by atoms with van der Waals surface area (Å²) < 4.78 is 0. The van der Waals surface area contributed by atoms with Gasteiger partial charge in [-0.1, -0.05) is 6.07 Å². The molecule has 1 aliphatic heterocycles. The third-order valence-electron chi connectivity index (χ3n) is 3.47. The number of hydrogen-bond donors (Lipinski definition) is 1. The second-order valence-electron chi connectivity index (χ2n) is 4.71. The average molecular weight is 203 g/mol. The molecule has 3 heteroatoms. The number of nitrogens with zero attached hydrogens (tertiary/aromatic N) is 1. The van der Waals surface area contributed by atoms with Crippen molar-refractivity contribution in [1.82, 2.24) is 0 Å². The zero-order valence-electron chi connectivity index (χ0n) is 8.44. The molecule has 0 atom stereocenters. The predicted molar refractivity (Wildman–Crippen MR) is 57.3 cm³/mol. The Morgan fingerprint density at radius 2 is 2.07 bits per heavy atom. The van der Waals surface area contributed by atoms with Gasteiger partial charge in [0.05, 0.1) is 5.56 Å². The Hall–Kier alpha value is -1.51. The molecule has 1 N–H and O–H groups in total. The number of rotatable bonds is 2. The molecule has 1 saturated carbocycles. The highest BCUT2D eigenvalue weighted by atomic mass is 16.4. The minimum absolute atomic E-state index is 0.379. The standard InChI is InChI=1S/C12H13NO2/c14-11(15)9-2-1-3-10(6-9)13-7-12(8-13)4-5-12/h1-3,6H,4-5,7-8H2,(H,14,15). The summed E-state index contributed by atoms with van der Waals surface area (Å²) in [6, 6.07) is 7.20. The van der Waals surface area contributed by atoms with Gasteiger partial charge < -0.3 is 10.0 Å². The van der Waals surface area contributed by atoms with E-state index in [1.54, 1.807) is 12.1 Å². The van der Waals surface area contributed by atoms with E-state index in [0.717, 1.165) is 18.8 Å². The van der Waals surface area contributed by atoms with Gasteiger partial charge in [0.2, 0.25) is 0 Å². The topological polar surface area (TPSA) is 40.5 Å². The molecule has 3 nitrogen and oxygen atoms in total. The number of benzene rings is 1. The predicted octanol–water partition coefficient (Wildman–Crippen LogP) is 1.98. The molecule has 0 aromatic heterocycles. The van der Waals surface area contributed by atoms with E-state index in [4.69, 9.17) is 5.11 Å². The summed E-state index contributed by atoms with van der Waals surface area (Å²) in [6.07, 6.45) is 2.70. The van der Waals surface area contributed by atoms with Gasteiger partial charge in [-0.05, 0) is 31.0 Å². The number of anilines is 1. The number of carboxylic acids is 1. The zero-order valence-corrected chi connectivity index (χ0v) is 8.44. The largest absolute Gasteiger partial charge is 0.478 e. The molecular formula is C12H13NO2. The maximum absolute atomic E-state index is 10.8. The van der Waals surface area contributed by atoms with E-state index < -0.39 is 5.97 Å². The van der Waals surface area contributed by atoms with Crippen LogP contribution in [0.4, 0.5) is 5.69 Å². The van der Waals surface area contributed by atoms with Crippen molar-refractivity contribution in [3.63, 3.8) is 0 Å². The number of carboxylic acid groups (broad SMARTS) is 1. The van der Waals surface area contributed by atoms with Crippen molar-refractivity contribution in [3.8, 4) is 0 Å². The van der Waals surface area contributed by atoms with E-state index in [1.807, 2.05) is 12.1 Å². The fourth-order valence-electron chi connectivity index (χ4n) is 2.27. The van der Waals surface area contributed by atoms with E-state index in [9.17, 15) is 4.79 Å². The Morgan fingerprint density at radius 3 is 2.67 bits per heavy atom. The highest BCUT2D eigenvalue weighted by Crippen LogP contribution is 2.53. The highest BCUT2D eigenvalue weighted by molar-refractivity contribution is 5.88. The summed E-state index contributed by atoms with van der Waals surface area (Å²) in [5, 5.41) is 8.88. The van der Waals surface area contributed by atoms with E-state index in [2.05, 4.69) is 4.90 Å². The lowest BCUT2D eigenvalue weighted by molar-refractivity contribution is 0.0697. The van der Waals surface area contributed by atoms with Crippen molar-refractivity contribution < 1.29 is 9.90 Å². The van der Waals surface area contributed by atoms with Crippen molar-refractivity contribution in [3.05, 3.63) is 29.8 Å². The third kappa shape index (κ3) is 1.39. The van der Waals surface area contributed by atoms with E-state index in [1.165, 1.54) is 12.8 Å². The zero-order chi connectivity index (χ0) is 10.5. The van der Waals surface area contributed by atoms with Gasteiger partial charge in [-0.15, -0.1) is 0 Å². The molecule has 0 unspecified atom stereocenters. The van der Waals surface area contributed by atoms with Crippen molar-refractivity contribution in [2.75, 3.05) is 18.0 Å². The monoisotopic (exact) mass is 203 g/mol. The van der Waals surface area contributed by atoms with Crippen LogP contribution in [-0.4, -0.2) is 24.2 Å². The van der Waals surface area contributed by atoms with E-state index in [0.29, 0.717) is 11.0 Å². The minimum atomic E-state index is -0.849. The number of aromatic carboxylic acids is 1. The molecule has 78 valence electrons. The first-order valence-electron chi connectivity index (χ1n) is 5.27. The molecule has 0 bridgehead atoms. The first kappa shape index (κ1) is 8.77. The molecule has 0 amide bonds. The Kier molecular flexibility index (Phi) is 1.61. The quantitative estimate of drug-likeness (QED) is 0.799. The van der Waals surface area contributed by atoms with Crippen LogP contribution in [0.3, 0.4) is 0 Å². The lowest BCUT2D eigenvalue weighted by Crippen LogP contribution is -2.48. The summed E-state index contributed by atoms with van der Waals surface area (Å²) >= 11 is 0. The Morgan fingerprint density at radius 1 is 1.33 bits per heavy atom. The molecule has 1 saturated heterocycles. The molecule has 3 rings (SSSR count). The number of hydrogen-bond acceptors (Lipinski definition) is 2. The Bertz CT molecular complexity index is 415. The van der Waals surface area contributed by atoms with Crippen LogP contribution in [0, 0.1) is 5.41 Å². The molecule has 15 heavy (non-hydrogen) atoms. The smallest absolute Gasteiger partial charge is 0.335 e. The summed E-state index contributed by atoms with van der Waals surface area (Å²) in [4.78, 5) is 13.1. The van der Waals surface area contributed by atoms with Gasteiger partial charge in [0, 0.05) is 24.2 Å². The number of carbonyl (C=O) groups is 1. The third-order valence-corrected chi connectivity index (χ3v) is 3.47. The highest BCUT2D eigenvalue weighted by Gasteiger charge is 2.52. The van der Waals surface area contributed by atoms with Crippen LogP contribution in [0.2, 0.25) is 0 Å². The van der Waals surface area contributed by atoms with Crippen LogP contribution in [0.25, 0.3) is 0 Å². The lowest BCUT2D eigenvalue weighted by Gasteiger charge is -2.42. The van der Waals surface area contributed by atoms with Gasteiger partial charge in [0.25, 0.3) is 0 Å². The van der Waals surface area contributed by atoms with Crippen molar-refractivity contribution in [2.24, 2.45) is 5.41 Å². The Labute approximate surface area is 88.3 Å². The van der Waals surface area contributed by atoms with Crippen molar-refractivity contribution in [2.45, 2.75) is 12.8 Å². The first-order chi connectivity index (χ1) is 7.19. The molecule has 2 fully saturated rings. The van der Waals surface area contributed by atoms with Crippen LogP contribution < -0.4 is 4.90 Å². The molecule has 1 aromatic carbocycles. The summed E-state index contributed by atoms with van der Waals surface area (Å²) in [5.74, 6) is -0.849. The van der Waals surface area contributed by atoms with Crippen LogP contribution >= 0.6 is 0 Å². The Balaban J connectivity index is 1.80. The van der Waals surface area contributed by atoms with Gasteiger partial charge in [-0.3, -0.25) is 0 Å². The molecule has 1 aromatic rings. The fraction of sp³-hybridized carbons (Fsp3) is 0.417. The van der Waals surface area contributed by atoms with Gasteiger partial charge in [-0.25, -0.2) is 4.79 Å². The average Bonchev–Trinajstić information content (AvgIpc) is 2.95. The summed E-state index contributed by atoms with van der Waals surface area (Å²) in [7, 11) is 0. The molecule has 0 radical (unpaired) electrons. The molecular weight excluding hydrogens is 190 g/mol. The van der Waals surface area contributed by atoms with Gasteiger partial charge in [0.1, 0.15) is 0 Å². The second-order valence-corrected chi connectivity index (χ2v) is 4.71. The minimum Gasteiger partial charge on any atom is -0.478 e. The first-order valence-corrected chi connectivity index (χ1v) is 5.27. The van der Waals surface area contributed by atoms with Crippen LogP contribution in [0.1, 0.15) is 23.2 Å². The summed E-state index contributed by atoms with van der Waals surface area (Å²) in [6.45, 7) is 2.21. The lowest BCUT2D eigenvalue weighted by atomic mass is 9.96. The molecule has 1 spiro atoms. The second kappa shape index (κ2) is 2.75. The maximum atomic E-state index is 10.8. The molecule has 2 aliphatic rings. The summed E-state index contributed by atoms with van der Waals surface area (Å²) in [5.41, 5.74) is 2.04. The molecule has 1 heterocycles. The van der Waals surface area contributed by atoms with Gasteiger partial charge in [0.15, 0.2) is 0 Å². The maximum Gasteiger partial charge on any atom is 0.335 e. The van der Waals surface area contributed by atoms with Crippen LogP contribution in [0.5, 0.6) is 0 Å². The van der Waals surface area contributed by atoms with Gasteiger partial charge >= 0.3 is 5.97 Å². The van der Waals surface area contributed by atoms with E-state index >= 15 is 0 Å². The van der Waals surface area contributed by atoms with E-state index in [-0.39, 0.29) is 0 Å². The normalized spacial score (nSPS) is 21.2.